The molecule has 0 unspecified atom stereocenters. The summed E-state index contributed by atoms with van der Waals surface area (Å²) < 4.78 is 5.51. The van der Waals surface area contributed by atoms with Gasteiger partial charge in [0.05, 0.1) is 11.3 Å². The quantitative estimate of drug-likeness (QED) is 0.499. The highest BCUT2D eigenvalue weighted by molar-refractivity contribution is 7.19. The van der Waals surface area contributed by atoms with Crippen molar-refractivity contribution in [1.29, 1.82) is 0 Å². The van der Waals surface area contributed by atoms with Gasteiger partial charge in [-0.2, -0.15) is 0 Å². The SMILES string of the molecule is NC(=O)c1sc(NCCCOCC2CC2)c(C(N)=O)c1N. The van der Waals surface area contributed by atoms with Gasteiger partial charge >= 0.3 is 0 Å². The summed E-state index contributed by atoms with van der Waals surface area (Å²) in [6, 6.07) is 0. The van der Waals surface area contributed by atoms with Crippen LogP contribution in [0.15, 0.2) is 0 Å². The van der Waals surface area contributed by atoms with E-state index in [0.29, 0.717) is 18.2 Å². The molecular formula is C13H20N4O3S. The predicted molar refractivity (Wildman–Crippen MR) is 82.4 cm³/mol. The van der Waals surface area contributed by atoms with E-state index in [4.69, 9.17) is 21.9 Å². The van der Waals surface area contributed by atoms with Crippen molar-refractivity contribution in [2.75, 3.05) is 30.8 Å². The first-order valence-electron chi connectivity index (χ1n) is 6.84. The molecule has 8 heteroatoms. The Morgan fingerprint density at radius 2 is 2.00 bits per heavy atom. The van der Waals surface area contributed by atoms with E-state index in [-0.39, 0.29) is 16.1 Å². The lowest BCUT2D eigenvalue weighted by molar-refractivity contribution is 0.0999. The molecule has 7 N–H and O–H groups in total. The van der Waals surface area contributed by atoms with E-state index in [1.807, 2.05) is 0 Å². The van der Waals surface area contributed by atoms with Gasteiger partial charge in [0.2, 0.25) is 0 Å². The van der Waals surface area contributed by atoms with E-state index in [1.54, 1.807) is 0 Å². The van der Waals surface area contributed by atoms with Crippen LogP contribution < -0.4 is 22.5 Å². The first-order valence-corrected chi connectivity index (χ1v) is 7.65. The van der Waals surface area contributed by atoms with Crippen molar-refractivity contribution < 1.29 is 14.3 Å². The molecule has 1 aromatic heterocycles. The van der Waals surface area contributed by atoms with Crippen LogP contribution in [0.4, 0.5) is 10.7 Å². The first-order chi connectivity index (χ1) is 10.0. The Labute approximate surface area is 126 Å². The number of thiophene rings is 1. The zero-order chi connectivity index (χ0) is 15.4. The van der Waals surface area contributed by atoms with Gasteiger partial charge in [-0.25, -0.2) is 0 Å². The molecule has 1 fully saturated rings. The molecule has 1 aromatic rings. The molecule has 116 valence electrons. The third kappa shape index (κ3) is 4.08. The van der Waals surface area contributed by atoms with Crippen molar-refractivity contribution in [3.63, 3.8) is 0 Å². The maximum atomic E-state index is 11.4. The van der Waals surface area contributed by atoms with Gasteiger partial charge in [0.15, 0.2) is 0 Å². The third-order valence-corrected chi connectivity index (χ3v) is 4.39. The molecule has 21 heavy (non-hydrogen) atoms. The molecule has 1 heterocycles. The van der Waals surface area contributed by atoms with Gasteiger partial charge in [-0.05, 0) is 25.2 Å². The molecule has 0 aliphatic heterocycles. The van der Waals surface area contributed by atoms with E-state index in [0.717, 1.165) is 30.3 Å². The predicted octanol–water partition coefficient (Wildman–Crippen LogP) is 0.757. The lowest BCUT2D eigenvalue weighted by Gasteiger charge is -2.06. The van der Waals surface area contributed by atoms with Crippen LogP contribution in [0.2, 0.25) is 0 Å². The van der Waals surface area contributed by atoms with E-state index in [1.165, 1.54) is 12.8 Å². The average Bonchev–Trinajstić information content (AvgIpc) is 3.16. The highest BCUT2D eigenvalue weighted by atomic mass is 32.1. The number of carbonyl (C=O) groups excluding carboxylic acids is 2. The molecule has 0 saturated heterocycles. The average molecular weight is 312 g/mol. The summed E-state index contributed by atoms with van der Waals surface area (Å²) in [7, 11) is 0. The molecule has 0 spiro atoms. The fraction of sp³-hybridized carbons (Fsp3) is 0.538. The normalized spacial score (nSPS) is 14.1. The van der Waals surface area contributed by atoms with Crippen LogP contribution in [0.25, 0.3) is 0 Å². The molecule has 7 nitrogen and oxygen atoms in total. The van der Waals surface area contributed by atoms with Crippen molar-refractivity contribution >= 4 is 33.8 Å². The van der Waals surface area contributed by atoms with Gasteiger partial charge in [0.1, 0.15) is 9.88 Å². The Balaban J connectivity index is 1.87. The molecular weight excluding hydrogens is 292 g/mol. The molecule has 2 rings (SSSR count). The minimum atomic E-state index is -0.677. The van der Waals surface area contributed by atoms with Gasteiger partial charge in [-0.1, -0.05) is 0 Å². The summed E-state index contributed by atoms with van der Waals surface area (Å²) in [4.78, 5) is 22.8. The monoisotopic (exact) mass is 312 g/mol. The topological polar surface area (TPSA) is 133 Å². The number of hydrogen-bond acceptors (Lipinski definition) is 6. The van der Waals surface area contributed by atoms with Gasteiger partial charge in [-0.15, -0.1) is 11.3 Å². The van der Waals surface area contributed by atoms with Gasteiger partial charge < -0.3 is 27.3 Å². The van der Waals surface area contributed by atoms with Crippen LogP contribution in [0.1, 0.15) is 39.3 Å². The Bertz CT molecular complexity index is 540. The fourth-order valence-corrected chi connectivity index (χ4v) is 2.91. The summed E-state index contributed by atoms with van der Waals surface area (Å²) in [5, 5.41) is 3.55. The number of carbonyl (C=O) groups is 2. The summed E-state index contributed by atoms with van der Waals surface area (Å²) in [6.45, 7) is 2.08. The maximum Gasteiger partial charge on any atom is 0.260 e. The molecule has 1 aliphatic carbocycles. The molecule has 0 atom stereocenters. The smallest absolute Gasteiger partial charge is 0.260 e. The number of nitrogen functional groups attached to an aromatic ring is 1. The number of nitrogens with two attached hydrogens (primary N) is 3. The Morgan fingerprint density at radius 1 is 1.29 bits per heavy atom. The molecule has 1 aliphatic rings. The van der Waals surface area contributed by atoms with E-state index < -0.39 is 11.8 Å². The van der Waals surface area contributed by atoms with Crippen molar-refractivity contribution in [2.45, 2.75) is 19.3 Å². The zero-order valence-corrected chi connectivity index (χ0v) is 12.5. The van der Waals surface area contributed by atoms with E-state index >= 15 is 0 Å². The lowest BCUT2D eigenvalue weighted by atomic mass is 10.2. The fourth-order valence-electron chi connectivity index (χ4n) is 1.91. The number of amides is 2. The standard InChI is InChI=1S/C13H20N4O3S/c14-9-8(11(15)18)13(21-10(9)12(16)19)17-4-1-5-20-6-7-2-3-7/h7,17H,1-6,14H2,(H2,15,18)(H2,16,19). The summed E-state index contributed by atoms with van der Waals surface area (Å²) in [6.07, 6.45) is 3.32. The van der Waals surface area contributed by atoms with Crippen LogP contribution in [0, 0.1) is 5.92 Å². The van der Waals surface area contributed by atoms with Gasteiger partial charge in [0.25, 0.3) is 11.8 Å². The maximum absolute atomic E-state index is 11.4. The van der Waals surface area contributed by atoms with E-state index in [9.17, 15) is 9.59 Å². The number of hydrogen-bond donors (Lipinski definition) is 4. The van der Waals surface area contributed by atoms with Crippen LogP contribution in [0.3, 0.4) is 0 Å². The minimum Gasteiger partial charge on any atom is -0.397 e. The van der Waals surface area contributed by atoms with Crippen molar-refractivity contribution in [2.24, 2.45) is 17.4 Å². The third-order valence-electron chi connectivity index (χ3n) is 3.22. The highest BCUT2D eigenvalue weighted by Crippen LogP contribution is 2.35. The number of primary amides is 2. The second-order valence-corrected chi connectivity index (χ2v) is 6.10. The second-order valence-electron chi connectivity index (χ2n) is 5.08. The Kier molecular flexibility index (Phi) is 5.03. The molecule has 2 amide bonds. The Hall–Kier alpha value is -1.80. The lowest BCUT2D eigenvalue weighted by Crippen LogP contribution is -2.17. The minimum absolute atomic E-state index is 0.0486. The summed E-state index contributed by atoms with van der Waals surface area (Å²) in [5.74, 6) is -0.598. The summed E-state index contributed by atoms with van der Waals surface area (Å²) >= 11 is 1.05. The number of rotatable bonds is 9. The van der Waals surface area contributed by atoms with Crippen LogP contribution in [-0.4, -0.2) is 31.6 Å². The largest absolute Gasteiger partial charge is 0.397 e. The van der Waals surface area contributed by atoms with Crippen LogP contribution in [-0.2, 0) is 4.74 Å². The number of ether oxygens (including phenoxy) is 1. The van der Waals surface area contributed by atoms with Gasteiger partial charge in [-0.3, -0.25) is 9.59 Å². The molecule has 0 bridgehead atoms. The van der Waals surface area contributed by atoms with Crippen molar-refractivity contribution in [1.82, 2.24) is 0 Å². The van der Waals surface area contributed by atoms with Crippen LogP contribution >= 0.6 is 11.3 Å². The molecule has 1 saturated carbocycles. The molecule has 0 radical (unpaired) electrons. The molecule has 0 aromatic carbocycles. The van der Waals surface area contributed by atoms with Gasteiger partial charge in [0, 0.05) is 19.8 Å². The number of anilines is 2. The first kappa shape index (κ1) is 15.6. The Morgan fingerprint density at radius 3 is 2.57 bits per heavy atom. The highest BCUT2D eigenvalue weighted by Gasteiger charge is 2.23. The second kappa shape index (κ2) is 6.77. The van der Waals surface area contributed by atoms with Crippen molar-refractivity contribution in [3.05, 3.63) is 10.4 Å². The van der Waals surface area contributed by atoms with E-state index in [2.05, 4.69) is 5.32 Å². The van der Waals surface area contributed by atoms with Crippen LogP contribution in [0.5, 0.6) is 0 Å². The van der Waals surface area contributed by atoms with Crippen molar-refractivity contribution in [3.8, 4) is 0 Å². The number of nitrogens with one attached hydrogen (secondary N) is 1. The summed E-state index contributed by atoms with van der Waals surface area (Å²) in [5.41, 5.74) is 16.4. The zero-order valence-electron chi connectivity index (χ0n) is 11.7.